The van der Waals surface area contributed by atoms with E-state index in [1.165, 1.54) is 43.3 Å². The maximum absolute atomic E-state index is 2.53. The summed E-state index contributed by atoms with van der Waals surface area (Å²) in [7, 11) is 8.96. The van der Waals surface area contributed by atoms with Crippen LogP contribution in [-0.4, -0.2) is 54.7 Å². The van der Waals surface area contributed by atoms with Crippen LogP contribution < -0.4 is 0 Å². The lowest BCUT2D eigenvalue weighted by molar-refractivity contribution is -0.888. The van der Waals surface area contributed by atoms with Crippen molar-refractivity contribution in [1.82, 2.24) is 4.90 Å². The van der Waals surface area contributed by atoms with Crippen LogP contribution in [0.15, 0.2) is 0 Å². The summed E-state index contributed by atoms with van der Waals surface area (Å²) in [5.74, 6) is 0. The molecule has 0 bridgehead atoms. The van der Waals surface area contributed by atoms with Crippen LogP contribution >= 0.6 is 22.6 Å². The molecule has 0 spiro atoms. The number of hydrogen-bond acceptors (Lipinski definition) is 1. The van der Waals surface area contributed by atoms with Gasteiger partial charge in [-0.2, -0.15) is 0 Å². The molecular weight excluding hydrogens is 299 g/mol. The van der Waals surface area contributed by atoms with E-state index in [-0.39, 0.29) is 0 Å². The van der Waals surface area contributed by atoms with Crippen molar-refractivity contribution in [2.24, 2.45) is 0 Å². The van der Waals surface area contributed by atoms with Gasteiger partial charge in [0.15, 0.2) is 0 Å². The van der Waals surface area contributed by atoms with E-state index in [0.717, 1.165) is 0 Å². The van der Waals surface area contributed by atoms with Crippen LogP contribution in [0, 0.1) is 0 Å². The smallest absolute Gasteiger partial charge is 0.0782 e. The molecule has 0 saturated carbocycles. The fourth-order valence-electron chi connectivity index (χ4n) is 1.45. The Kier molecular flexibility index (Phi) is 8.19. The van der Waals surface area contributed by atoms with E-state index in [1.807, 2.05) is 0 Å². The van der Waals surface area contributed by atoms with Gasteiger partial charge in [-0.15, -0.1) is 0 Å². The normalized spacial score (nSPS) is 14.6. The topological polar surface area (TPSA) is 3.24 Å². The first kappa shape index (κ1) is 15.7. The average molecular weight is 327 g/mol. The van der Waals surface area contributed by atoms with Crippen LogP contribution in [0.4, 0.5) is 0 Å². The van der Waals surface area contributed by atoms with Gasteiger partial charge in [0.1, 0.15) is 0 Å². The zero-order valence-electron chi connectivity index (χ0n) is 11.1. The molecule has 0 aliphatic carbocycles. The number of rotatable bonds is 8. The number of quaternary nitrogens is 1. The first-order chi connectivity index (χ1) is 6.89. The summed E-state index contributed by atoms with van der Waals surface area (Å²) in [4.78, 5) is 2.30. The van der Waals surface area contributed by atoms with Crippen LogP contribution in [-0.2, 0) is 0 Å². The summed E-state index contributed by atoms with van der Waals surface area (Å²) >= 11 is 2.53. The highest BCUT2D eigenvalue weighted by Gasteiger charge is 2.11. The second kappa shape index (κ2) is 7.85. The van der Waals surface area contributed by atoms with Gasteiger partial charge >= 0.3 is 0 Å². The number of unbranched alkanes of at least 4 members (excludes halogenated alkanes) is 2. The minimum atomic E-state index is 0.705. The lowest BCUT2D eigenvalue weighted by Crippen LogP contribution is -2.39. The van der Waals surface area contributed by atoms with Gasteiger partial charge in [-0.25, -0.2) is 0 Å². The number of halogens is 1. The van der Waals surface area contributed by atoms with E-state index in [1.54, 1.807) is 0 Å². The molecule has 0 aromatic carbocycles. The second-order valence-electron chi connectivity index (χ2n) is 5.22. The first-order valence-corrected chi connectivity index (χ1v) is 7.26. The molecule has 0 aromatic heterocycles. The fourth-order valence-corrected chi connectivity index (χ4v) is 1.89. The number of hydrogen-bond donors (Lipinski definition) is 0. The van der Waals surface area contributed by atoms with Crippen molar-refractivity contribution >= 4 is 22.6 Å². The summed E-state index contributed by atoms with van der Waals surface area (Å²) in [6.45, 7) is 4.84. The molecule has 3 heteroatoms. The molecule has 0 N–H and O–H groups in total. The SMILES string of the molecule is CC[N+](C)(C)CCCCCC(I)N(C)C. The van der Waals surface area contributed by atoms with Gasteiger partial charge in [0.05, 0.1) is 31.2 Å². The molecule has 2 nitrogen and oxygen atoms in total. The Morgan fingerprint density at radius 3 is 2.20 bits per heavy atom. The molecule has 1 unspecified atom stereocenters. The highest BCUT2D eigenvalue weighted by Crippen LogP contribution is 2.14. The Labute approximate surface area is 110 Å². The summed E-state index contributed by atoms with van der Waals surface area (Å²) in [5, 5.41) is 0. The molecule has 0 saturated heterocycles. The predicted octanol–water partition coefficient (Wildman–Crippen LogP) is 2.97. The Morgan fingerprint density at radius 2 is 1.73 bits per heavy atom. The van der Waals surface area contributed by atoms with Gasteiger partial charge in [0, 0.05) is 0 Å². The molecular formula is C12H28IN2+. The Balaban J connectivity index is 3.40. The molecule has 1 atom stereocenters. The summed E-state index contributed by atoms with van der Waals surface area (Å²) in [5.41, 5.74) is 0. The van der Waals surface area contributed by atoms with Gasteiger partial charge in [-0.3, -0.25) is 4.90 Å². The Bertz CT molecular complexity index is 158. The lowest BCUT2D eigenvalue weighted by Gasteiger charge is -2.28. The zero-order valence-corrected chi connectivity index (χ0v) is 13.2. The average Bonchev–Trinajstić information content (AvgIpc) is 2.16. The van der Waals surface area contributed by atoms with Gasteiger partial charge in [0.2, 0.25) is 0 Å². The van der Waals surface area contributed by atoms with Crippen LogP contribution in [0.5, 0.6) is 0 Å². The lowest BCUT2D eigenvalue weighted by atomic mass is 10.2. The van der Waals surface area contributed by atoms with Gasteiger partial charge in [-0.1, -0.05) is 29.0 Å². The van der Waals surface area contributed by atoms with Gasteiger partial charge in [-0.05, 0) is 40.3 Å². The van der Waals surface area contributed by atoms with Crippen LogP contribution in [0.2, 0.25) is 0 Å². The third-order valence-corrected chi connectivity index (χ3v) is 4.86. The van der Waals surface area contributed by atoms with Crippen molar-refractivity contribution in [3.8, 4) is 0 Å². The highest BCUT2D eigenvalue weighted by atomic mass is 127. The summed E-state index contributed by atoms with van der Waals surface area (Å²) < 4.78 is 1.87. The van der Waals surface area contributed by atoms with E-state index < -0.39 is 0 Å². The van der Waals surface area contributed by atoms with E-state index >= 15 is 0 Å². The highest BCUT2D eigenvalue weighted by molar-refractivity contribution is 14.1. The minimum Gasteiger partial charge on any atom is -0.329 e. The van der Waals surface area contributed by atoms with E-state index in [0.29, 0.717) is 4.05 Å². The van der Waals surface area contributed by atoms with Crippen molar-refractivity contribution in [1.29, 1.82) is 0 Å². The molecule has 15 heavy (non-hydrogen) atoms. The monoisotopic (exact) mass is 327 g/mol. The zero-order chi connectivity index (χ0) is 11.9. The third kappa shape index (κ3) is 8.46. The van der Waals surface area contributed by atoms with Crippen molar-refractivity contribution in [2.45, 2.75) is 36.7 Å². The number of nitrogens with zero attached hydrogens (tertiary/aromatic N) is 2. The van der Waals surface area contributed by atoms with Crippen molar-refractivity contribution in [3.63, 3.8) is 0 Å². The fraction of sp³-hybridized carbons (Fsp3) is 1.00. The van der Waals surface area contributed by atoms with Crippen LogP contribution in [0.3, 0.4) is 0 Å². The first-order valence-electron chi connectivity index (χ1n) is 6.01. The molecule has 0 radical (unpaired) electrons. The molecule has 0 heterocycles. The molecule has 0 rings (SSSR count). The van der Waals surface area contributed by atoms with Gasteiger partial charge < -0.3 is 4.48 Å². The molecule has 92 valence electrons. The second-order valence-corrected chi connectivity index (χ2v) is 6.66. The van der Waals surface area contributed by atoms with E-state index in [2.05, 4.69) is 62.6 Å². The summed E-state index contributed by atoms with van der Waals surface area (Å²) in [6.07, 6.45) is 5.45. The maximum Gasteiger partial charge on any atom is 0.0782 e. The largest absolute Gasteiger partial charge is 0.329 e. The van der Waals surface area contributed by atoms with Crippen LogP contribution in [0.1, 0.15) is 32.6 Å². The standard InChI is InChI=1S/C12H28IN2/c1-6-15(4,5)11-9-7-8-10-12(13)14(2)3/h12H,6-11H2,1-5H3/q+1. The Hall–Kier alpha value is 0.650. The van der Waals surface area contributed by atoms with Crippen molar-refractivity contribution in [3.05, 3.63) is 0 Å². The van der Waals surface area contributed by atoms with E-state index in [4.69, 9.17) is 0 Å². The van der Waals surface area contributed by atoms with Crippen molar-refractivity contribution in [2.75, 3.05) is 41.3 Å². The predicted molar refractivity (Wildman–Crippen MR) is 77.5 cm³/mol. The Morgan fingerprint density at radius 1 is 1.13 bits per heavy atom. The van der Waals surface area contributed by atoms with Gasteiger partial charge in [0.25, 0.3) is 0 Å². The summed E-state index contributed by atoms with van der Waals surface area (Å²) in [6, 6.07) is 0. The molecule has 0 aliphatic heterocycles. The maximum atomic E-state index is 2.53. The molecule has 0 amide bonds. The molecule has 0 aromatic rings. The van der Waals surface area contributed by atoms with E-state index in [9.17, 15) is 0 Å². The van der Waals surface area contributed by atoms with Crippen molar-refractivity contribution < 1.29 is 4.48 Å². The minimum absolute atomic E-state index is 0.705. The van der Waals surface area contributed by atoms with Crippen LogP contribution in [0.25, 0.3) is 0 Å². The number of alkyl halides is 1. The molecule has 0 fully saturated rings. The molecule has 0 aliphatic rings. The third-order valence-electron chi connectivity index (χ3n) is 3.12. The quantitative estimate of drug-likeness (QED) is 0.218.